The van der Waals surface area contributed by atoms with E-state index in [0.29, 0.717) is 29.7 Å². The molecule has 1 N–H and O–H groups in total. The molecule has 1 amide bonds. The molecule has 0 aliphatic rings. The van der Waals surface area contributed by atoms with Crippen LogP contribution in [0.25, 0.3) is 0 Å². The summed E-state index contributed by atoms with van der Waals surface area (Å²) in [6.45, 7) is 8.47. The molecule has 0 aliphatic carbocycles. The van der Waals surface area contributed by atoms with Gasteiger partial charge < -0.3 is 14.8 Å². The van der Waals surface area contributed by atoms with E-state index in [0.717, 1.165) is 11.1 Å². The minimum absolute atomic E-state index is 0.177. The Morgan fingerprint density at radius 1 is 1.04 bits per heavy atom. The van der Waals surface area contributed by atoms with Crippen LogP contribution in [0.4, 0.5) is 0 Å². The van der Waals surface area contributed by atoms with E-state index in [1.54, 1.807) is 13.0 Å². The molecule has 134 valence electrons. The number of ether oxygens (including phenoxy) is 2. The number of carbonyl (C=O) groups excluding carboxylic acids is 1. The smallest absolute Gasteiger partial charge is 0.260 e. The average molecular weight is 362 g/mol. The normalized spacial score (nSPS) is 11.7. The number of hydrogen-bond acceptors (Lipinski definition) is 3. The van der Waals surface area contributed by atoms with Crippen molar-refractivity contribution in [2.45, 2.75) is 33.8 Å². The number of benzene rings is 2. The Labute approximate surface area is 154 Å². The zero-order valence-electron chi connectivity index (χ0n) is 15.1. The molecule has 0 fully saturated rings. The Bertz CT molecular complexity index is 746. The maximum absolute atomic E-state index is 12.1. The number of nitrogens with one attached hydrogen (secondary N) is 1. The van der Waals surface area contributed by atoms with Gasteiger partial charge in [-0.1, -0.05) is 23.7 Å². The topological polar surface area (TPSA) is 47.6 Å². The fourth-order valence-corrected chi connectivity index (χ4v) is 2.37. The Morgan fingerprint density at radius 2 is 1.72 bits per heavy atom. The van der Waals surface area contributed by atoms with Crippen molar-refractivity contribution in [3.05, 3.63) is 58.1 Å². The van der Waals surface area contributed by atoms with Crippen molar-refractivity contribution < 1.29 is 14.3 Å². The summed E-state index contributed by atoms with van der Waals surface area (Å²) in [7, 11) is 0. The standard InChI is InChI=1S/C20H24ClNO3/c1-13-5-8-18(11-15(13)3)25-16(4)20(23)22-9-10-24-17-7-6-14(2)19(21)12-17/h5-8,11-12,16H,9-10H2,1-4H3,(H,22,23). The molecular formula is C20H24ClNO3. The molecule has 25 heavy (non-hydrogen) atoms. The van der Waals surface area contributed by atoms with Gasteiger partial charge in [0.1, 0.15) is 18.1 Å². The van der Waals surface area contributed by atoms with Crippen LogP contribution in [0.2, 0.25) is 5.02 Å². The molecule has 0 heterocycles. The lowest BCUT2D eigenvalue weighted by molar-refractivity contribution is -0.127. The quantitative estimate of drug-likeness (QED) is 0.751. The molecule has 0 spiro atoms. The van der Waals surface area contributed by atoms with E-state index in [9.17, 15) is 4.79 Å². The Kier molecular flexibility index (Phi) is 6.71. The van der Waals surface area contributed by atoms with Crippen LogP contribution in [0, 0.1) is 20.8 Å². The number of hydrogen-bond donors (Lipinski definition) is 1. The SMILES string of the molecule is Cc1ccc(OC(C)C(=O)NCCOc2ccc(C)c(Cl)c2)cc1C. The van der Waals surface area contributed by atoms with E-state index in [2.05, 4.69) is 5.32 Å². The van der Waals surface area contributed by atoms with Gasteiger partial charge in [-0.15, -0.1) is 0 Å². The van der Waals surface area contributed by atoms with E-state index >= 15 is 0 Å². The summed E-state index contributed by atoms with van der Waals surface area (Å²) in [5.74, 6) is 1.20. The minimum atomic E-state index is -0.573. The first kappa shape index (κ1) is 19.1. The second kappa shape index (κ2) is 8.77. The lowest BCUT2D eigenvalue weighted by Crippen LogP contribution is -2.38. The van der Waals surface area contributed by atoms with Gasteiger partial charge in [0.25, 0.3) is 5.91 Å². The maximum Gasteiger partial charge on any atom is 0.260 e. The van der Waals surface area contributed by atoms with Crippen molar-refractivity contribution in [1.82, 2.24) is 5.32 Å². The molecule has 0 saturated carbocycles. The second-order valence-electron chi connectivity index (χ2n) is 6.06. The summed E-state index contributed by atoms with van der Waals surface area (Å²) >= 11 is 6.05. The molecule has 1 unspecified atom stereocenters. The highest BCUT2D eigenvalue weighted by atomic mass is 35.5. The molecule has 5 heteroatoms. The zero-order valence-corrected chi connectivity index (χ0v) is 15.8. The van der Waals surface area contributed by atoms with Crippen LogP contribution in [-0.2, 0) is 4.79 Å². The van der Waals surface area contributed by atoms with Crippen LogP contribution < -0.4 is 14.8 Å². The first-order valence-corrected chi connectivity index (χ1v) is 8.65. The van der Waals surface area contributed by atoms with Crippen LogP contribution in [-0.4, -0.2) is 25.2 Å². The molecule has 0 saturated heterocycles. The van der Waals surface area contributed by atoms with Gasteiger partial charge in [0.05, 0.1) is 6.54 Å². The Hall–Kier alpha value is -2.20. The highest BCUT2D eigenvalue weighted by molar-refractivity contribution is 6.31. The van der Waals surface area contributed by atoms with E-state index in [1.807, 2.05) is 51.1 Å². The summed E-state index contributed by atoms with van der Waals surface area (Å²) in [5.41, 5.74) is 3.33. The van der Waals surface area contributed by atoms with Crippen LogP contribution >= 0.6 is 11.6 Å². The van der Waals surface area contributed by atoms with Crippen molar-refractivity contribution in [1.29, 1.82) is 0 Å². The molecule has 0 aliphatic heterocycles. The van der Waals surface area contributed by atoms with Crippen LogP contribution in [0.1, 0.15) is 23.6 Å². The summed E-state index contributed by atoms with van der Waals surface area (Å²) in [4.78, 5) is 12.1. The highest BCUT2D eigenvalue weighted by Crippen LogP contribution is 2.21. The highest BCUT2D eigenvalue weighted by Gasteiger charge is 2.14. The van der Waals surface area contributed by atoms with Gasteiger partial charge in [0.2, 0.25) is 0 Å². The monoisotopic (exact) mass is 361 g/mol. The van der Waals surface area contributed by atoms with Crippen molar-refractivity contribution in [3.8, 4) is 11.5 Å². The first-order valence-electron chi connectivity index (χ1n) is 8.27. The lowest BCUT2D eigenvalue weighted by Gasteiger charge is -2.16. The second-order valence-corrected chi connectivity index (χ2v) is 6.46. The molecule has 0 aromatic heterocycles. The van der Waals surface area contributed by atoms with Crippen molar-refractivity contribution >= 4 is 17.5 Å². The molecule has 2 rings (SSSR count). The van der Waals surface area contributed by atoms with Gasteiger partial charge in [-0.3, -0.25) is 4.79 Å². The third-order valence-electron chi connectivity index (χ3n) is 3.97. The lowest BCUT2D eigenvalue weighted by atomic mass is 10.1. The molecule has 0 bridgehead atoms. The zero-order chi connectivity index (χ0) is 18.4. The summed E-state index contributed by atoms with van der Waals surface area (Å²) < 4.78 is 11.3. The van der Waals surface area contributed by atoms with Gasteiger partial charge in [-0.2, -0.15) is 0 Å². The van der Waals surface area contributed by atoms with Gasteiger partial charge >= 0.3 is 0 Å². The summed E-state index contributed by atoms with van der Waals surface area (Å²) in [6, 6.07) is 11.3. The van der Waals surface area contributed by atoms with E-state index < -0.39 is 6.10 Å². The first-order chi connectivity index (χ1) is 11.9. The molecule has 4 nitrogen and oxygen atoms in total. The van der Waals surface area contributed by atoms with Gasteiger partial charge in [-0.05, 0) is 68.7 Å². The number of carbonyl (C=O) groups is 1. The van der Waals surface area contributed by atoms with Crippen molar-refractivity contribution in [2.75, 3.05) is 13.2 Å². The molecule has 1 atom stereocenters. The van der Waals surface area contributed by atoms with Gasteiger partial charge in [-0.25, -0.2) is 0 Å². The molecular weight excluding hydrogens is 338 g/mol. The third kappa shape index (κ3) is 5.68. The summed E-state index contributed by atoms with van der Waals surface area (Å²) in [5, 5.41) is 3.47. The Morgan fingerprint density at radius 3 is 2.40 bits per heavy atom. The third-order valence-corrected chi connectivity index (χ3v) is 4.38. The van der Waals surface area contributed by atoms with E-state index in [-0.39, 0.29) is 5.91 Å². The van der Waals surface area contributed by atoms with Crippen molar-refractivity contribution in [3.63, 3.8) is 0 Å². The summed E-state index contributed by atoms with van der Waals surface area (Å²) in [6.07, 6.45) is -0.573. The van der Waals surface area contributed by atoms with Crippen LogP contribution in [0.5, 0.6) is 11.5 Å². The van der Waals surface area contributed by atoms with Crippen LogP contribution in [0.15, 0.2) is 36.4 Å². The van der Waals surface area contributed by atoms with Gasteiger partial charge in [0, 0.05) is 5.02 Å². The fraction of sp³-hybridized carbons (Fsp3) is 0.350. The van der Waals surface area contributed by atoms with E-state index in [1.165, 1.54) is 5.56 Å². The predicted molar refractivity (Wildman–Crippen MR) is 101 cm³/mol. The fourth-order valence-electron chi connectivity index (χ4n) is 2.20. The van der Waals surface area contributed by atoms with E-state index in [4.69, 9.17) is 21.1 Å². The number of aryl methyl sites for hydroxylation is 3. The van der Waals surface area contributed by atoms with Crippen molar-refractivity contribution in [2.24, 2.45) is 0 Å². The maximum atomic E-state index is 12.1. The number of rotatable bonds is 7. The molecule has 0 radical (unpaired) electrons. The number of halogens is 1. The average Bonchev–Trinajstić information content (AvgIpc) is 2.58. The minimum Gasteiger partial charge on any atom is -0.492 e. The number of amides is 1. The molecule has 2 aromatic carbocycles. The molecule has 2 aromatic rings. The predicted octanol–water partition coefficient (Wildman–Crippen LogP) is 4.23. The van der Waals surface area contributed by atoms with Crippen LogP contribution in [0.3, 0.4) is 0 Å². The van der Waals surface area contributed by atoms with Gasteiger partial charge in [0.15, 0.2) is 6.10 Å². The Balaban J connectivity index is 1.75. The largest absolute Gasteiger partial charge is 0.492 e.